The fourth-order valence-corrected chi connectivity index (χ4v) is 1.98. The van der Waals surface area contributed by atoms with Crippen molar-refractivity contribution in [2.75, 3.05) is 0 Å². The maximum absolute atomic E-state index is 12.1. The lowest BCUT2D eigenvalue weighted by Gasteiger charge is -2.04. The minimum absolute atomic E-state index is 0.0922. The number of aryl methyl sites for hydroxylation is 2. The van der Waals surface area contributed by atoms with Crippen molar-refractivity contribution in [3.8, 4) is 0 Å². The van der Waals surface area contributed by atoms with Crippen LogP contribution in [-0.4, -0.2) is 14.7 Å². The topological polar surface area (TPSA) is 125 Å². The highest BCUT2D eigenvalue weighted by molar-refractivity contribution is 5.51. The zero-order valence-corrected chi connectivity index (χ0v) is 12.3. The van der Waals surface area contributed by atoms with E-state index in [0.29, 0.717) is 16.0 Å². The summed E-state index contributed by atoms with van der Waals surface area (Å²) in [5.74, 6) is 0. The summed E-state index contributed by atoms with van der Waals surface area (Å²) in [4.78, 5) is 20.6. The number of rotatable bonds is 4. The first-order valence-electron chi connectivity index (χ1n) is 6.48. The second kappa shape index (κ2) is 6.18. The van der Waals surface area contributed by atoms with Gasteiger partial charge >= 0.3 is 0 Å². The number of benzene rings is 2. The molecule has 0 saturated carbocycles. The number of hydrogen-bond donors (Lipinski definition) is 0. The lowest BCUT2D eigenvalue weighted by molar-refractivity contribution is -0.436. The number of azo groups is 1. The van der Waals surface area contributed by atoms with E-state index in [9.17, 15) is 25.4 Å². The van der Waals surface area contributed by atoms with Gasteiger partial charge in [0.2, 0.25) is 5.69 Å². The molecular weight excluding hydrogens is 304 g/mol. The molecule has 0 spiro atoms. The SMILES string of the molecule is Cc1cc([N+](=O)[O-])ccc1N=[N+]([O-])c1ccc([N+](=O)[O-])cc1C. The molecule has 0 atom stereocenters. The standard InChI is InChI=1S/C14H12N4O5/c1-9-7-11(17(20)21)3-5-13(9)15-16(19)14-6-4-12(18(22)23)8-10(14)2/h3-8H,1-2H3. The maximum atomic E-state index is 12.1. The Morgan fingerprint density at radius 3 is 1.83 bits per heavy atom. The Morgan fingerprint density at radius 1 is 0.826 bits per heavy atom. The van der Waals surface area contributed by atoms with Crippen LogP contribution in [-0.2, 0) is 0 Å². The summed E-state index contributed by atoms with van der Waals surface area (Å²) >= 11 is 0. The van der Waals surface area contributed by atoms with Gasteiger partial charge in [0.1, 0.15) is 5.69 Å². The molecule has 0 aromatic heterocycles. The second-order valence-electron chi connectivity index (χ2n) is 4.83. The third kappa shape index (κ3) is 3.46. The van der Waals surface area contributed by atoms with Gasteiger partial charge in [0.25, 0.3) is 11.4 Å². The molecule has 23 heavy (non-hydrogen) atoms. The zero-order valence-electron chi connectivity index (χ0n) is 12.3. The lowest BCUT2D eigenvalue weighted by atomic mass is 10.2. The van der Waals surface area contributed by atoms with Gasteiger partial charge in [-0.2, -0.15) is 0 Å². The average Bonchev–Trinajstić information content (AvgIpc) is 2.48. The number of nitrogens with zero attached hydrogens (tertiary/aromatic N) is 4. The third-order valence-electron chi connectivity index (χ3n) is 3.19. The fourth-order valence-electron chi connectivity index (χ4n) is 1.98. The van der Waals surface area contributed by atoms with Crippen molar-refractivity contribution in [2.45, 2.75) is 13.8 Å². The van der Waals surface area contributed by atoms with Crippen LogP contribution in [0.3, 0.4) is 0 Å². The molecule has 0 saturated heterocycles. The molecule has 0 amide bonds. The van der Waals surface area contributed by atoms with Crippen LogP contribution in [0.5, 0.6) is 0 Å². The predicted octanol–water partition coefficient (Wildman–Crippen LogP) is 4.05. The Hall–Kier alpha value is -3.36. The van der Waals surface area contributed by atoms with E-state index >= 15 is 0 Å². The molecule has 9 heteroatoms. The number of non-ortho nitro benzene ring substituents is 2. The summed E-state index contributed by atoms with van der Waals surface area (Å²) in [6.07, 6.45) is 0. The van der Waals surface area contributed by atoms with Gasteiger partial charge in [-0.25, -0.2) is 0 Å². The summed E-state index contributed by atoms with van der Waals surface area (Å²) in [6, 6.07) is 7.74. The molecule has 0 aliphatic rings. The molecule has 0 fully saturated rings. The average molecular weight is 316 g/mol. The van der Waals surface area contributed by atoms with Gasteiger partial charge in [-0.1, -0.05) is 0 Å². The summed E-state index contributed by atoms with van der Waals surface area (Å²) in [5.41, 5.74) is 1.10. The molecule has 2 aromatic rings. The summed E-state index contributed by atoms with van der Waals surface area (Å²) in [5, 5.41) is 37.4. The Kier molecular flexibility index (Phi) is 4.30. The smallest absolute Gasteiger partial charge is 0.270 e. The Bertz CT molecular complexity index is 832. The molecule has 2 rings (SSSR count). The highest BCUT2D eigenvalue weighted by Gasteiger charge is 2.15. The van der Waals surface area contributed by atoms with Crippen molar-refractivity contribution < 1.29 is 14.7 Å². The van der Waals surface area contributed by atoms with E-state index < -0.39 is 9.85 Å². The van der Waals surface area contributed by atoms with Gasteiger partial charge in [-0.3, -0.25) is 20.2 Å². The lowest BCUT2D eigenvalue weighted by Crippen LogP contribution is -1.96. The van der Waals surface area contributed by atoms with E-state index in [0.717, 1.165) is 0 Å². The van der Waals surface area contributed by atoms with Crippen LogP contribution in [0.1, 0.15) is 11.1 Å². The van der Waals surface area contributed by atoms with Crippen LogP contribution in [0, 0.1) is 39.3 Å². The minimum Gasteiger partial charge on any atom is -0.594 e. The first kappa shape index (κ1) is 16.0. The maximum Gasteiger partial charge on any atom is 0.270 e. The van der Waals surface area contributed by atoms with E-state index in [2.05, 4.69) is 5.11 Å². The van der Waals surface area contributed by atoms with Gasteiger partial charge in [0.05, 0.1) is 9.85 Å². The number of nitro benzene ring substituents is 2. The third-order valence-corrected chi connectivity index (χ3v) is 3.19. The van der Waals surface area contributed by atoms with Crippen molar-refractivity contribution in [1.82, 2.24) is 0 Å². The molecule has 2 aromatic carbocycles. The van der Waals surface area contributed by atoms with Crippen molar-refractivity contribution in [3.05, 3.63) is 73.0 Å². The molecular formula is C14H12N4O5. The van der Waals surface area contributed by atoms with Crippen molar-refractivity contribution in [1.29, 1.82) is 0 Å². The van der Waals surface area contributed by atoms with Crippen LogP contribution in [0.4, 0.5) is 22.7 Å². The van der Waals surface area contributed by atoms with Gasteiger partial charge in [0.15, 0.2) is 0 Å². The molecule has 0 unspecified atom stereocenters. The molecule has 0 radical (unpaired) electrons. The van der Waals surface area contributed by atoms with Crippen LogP contribution >= 0.6 is 0 Å². The van der Waals surface area contributed by atoms with E-state index in [1.165, 1.54) is 36.4 Å². The summed E-state index contributed by atoms with van der Waals surface area (Å²) < 4.78 is 0. The summed E-state index contributed by atoms with van der Waals surface area (Å²) in [7, 11) is 0. The van der Waals surface area contributed by atoms with Crippen LogP contribution < -0.4 is 0 Å². The molecule has 118 valence electrons. The Balaban J connectivity index is 2.40. The van der Waals surface area contributed by atoms with Crippen LogP contribution in [0.15, 0.2) is 41.5 Å². The zero-order chi connectivity index (χ0) is 17.1. The Labute approximate surface area is 130 Å². The van der Waals surface area contributed by atoms with E-state index in [4.69, 9.17) is 0 Å². The van der Waals surface area contributed by atoms with Crippen LogP contribution in [0.2, 0.25) is 0 Å². The highest BCUT2D eigenvalue weighted by atomic mass is 16.6. The van der Waals surface area contributed by atoms with E-state index in [1.54, 1.807) is 13.8 Å². The van der Waals surface area contributed by atoms with Crippen LogP contribution in [0.25, 0.3) is 0 Å². The van der Waals surface area contributed by atoms with Crippen molar-refractivity contribution in [2.24, 2.45) is 5.11 Å². The minimum atomic E-state index is -0.552. The highest BCUT2D eigenvalue weighted by Crippen LogP contribution is 2.28. The van der Waals surface area contributed by atoms with E-state index in [1.807, 2.05) is 0 Å². The van der Waals surface area contributed by atoms with E-state index in [-0.39, 0.29) is 22.7 Å². The van der Waals surface area contributed by atoms with Gasteiger partial charge in [-0.15, -0.1) is 0 Å². The predicted molar refractivity (Wildman–Crippen MR) is 81.0 cm³/mol. The first-order chi connectivity index (χ1) is 10.8. The fraction of sp³-hybridized carbons (Fsp3) is 0.143. The molecule has 9 nitrogen and oxygen atoms in total. The molecule has 0 N–H and O–H groups in total. The summed E-state index contributed by atoms with van der Waals surface area (Å²) in [6.45, 7) is 3.16. The molecule has 0 aliphatic carbocycles. The largest absolute Gasteiger partial charge is 0.594 e. The molecule has 0 heterocycles. The van der Waals surface area contributed by atoms with Gasteiger partial charge in [0, 0.05) is 41.0 Å². The number of hydrogen-bond acceptors (Lipinski definition) is 6. The van der Waals surface area contributed by atoms with Gasteiger partial charge < -0.3 is 5.21 Å². The van der Waals surface area contributed by atoms with Crippen molar-refractivity contribution in [3.63, 3.8) is 0 Å². The Morgan fingerprint density at radius 2 is 1.35 bits per heavy atom. The number of nitro groups is 2. The second-order valence-corrected chi connectivity index (χ2v) is 4.83. The normalized spacial score (nSPS) is 11.3. The quantitative estimate of drug-likeness (QED) is 0.364. The van der Waals surface area contributed by atoms with Gasteiger partial charge in [-0.05, 0) is 30.3 Å². The van der Waals surface area contributed by atoms with Crippen molar-refractivity contribution >= 4 is 22.7 Å². The molecule has 0 aliphatic heterocycles. The molecule has 0 bridgehead atoms. The first-order valence-corrected chi connectivity index (χ1v) is 6.48. The monoisotopic (exact) mass is 316 g/mol.